The summed E-state index contributed by atoms with van der Waals surface area (Å²) in [6.07, 6.45) is 5.75. The number of nitrogens with one attached hydrogen (secondary N) is 1. The van der Waals surface area contributed by atoms with Crippen molar-refractivity contribution in [2.24, 2.45) is 5.16 Å². The number of carbonyl (C=O) groups is 2. The van der Waals surface area contributed by atoms with Gasteiger partial charge in [0.15, 0.2) is 5.13 Å². The zero-order chi connectivity index (χ0) is 13.7. The fraction of sp³-hybridized carbons (Fsp3) is 0.273. The second-order valence-corrected chi connectivity index (χ2v) is 4.55. The van der Waals surface area contributed by atoms with E-state index in [1.807, 2.05) is 12.2 Å². The van der Waals surface area contributed by atoms with Crippen molar-refractivity contribution < 1.29 is 19.5 Å². The molecule has 1 unspecified atom stereocenters. The molecule has 2 rings (SSSR count). The molecular formula is C11H11N3O4S. The van der Waals surface area contributed by atoms with Crippen LogP contribution in [0.1, 0.15) is 18.5 Å². The van der Waals surface area contributed by atoms with Gasteiger partial charge in [0.1, 0.15) is 11.8 Å². The first kappa shape index (κ1) is 13.2. The van der Waals surface area contributed by atoms with Crippen LogP contribution < -0.4 is 5.32 Å². The van der Waals surface area contributed by atoms with Crippen molar-refractivity contribution in [2.75, 3.05) is 5.32 Å². The van der Waals surface area contributed by atoms with Gasteiger partial charge in [-0.05, 0) is 18.9 Å². The Morgan fingerprint density at radius 1 is 1.68 bits per heavy atom. The molecule has 1 amide bonds. The van der Waals surface area contributed by atoms with Crippen molar-refractivity contribution in [1.82, 2.24) is 4.98 Å². The summed E-state index contributed by atoms with van der Waals surface area (Å²) in [5, 5.41) is 16.9. The van der Waals surface area contributed by atoms with E-state index in [2.05, 4.69) is 15.5 Å². The maximum absolute atomic E-state index is 11.1. The molecule has 1 atom stereocenters. The van der Waals surface area contributed by atoms with Gasteiger partial charge in [-0.25, -0.2) is 9.78 Å². The van der Waals surface area contributed by atoms with E-state index >= 15 is 0 Å². The first-order chi connectivity index (χ1) is 9.20. The summed E-state index contributed by atoms with van der Waals surface area (Å²) in [6.45, 7) is 0. The Kier molecular flexibility index (Phi) is 4.24. The second kappa shape index (κ2) is 6.10. The highest BCUT2D eigenvalue weighted by Gasteiger charge is 2.19. The lowest BCUT2D eigenvalue weighted by atomic mass is 10.3. The standard InChI is InChI=1S/C11H11N3O4S/c15-6-12-11-13-8(5-19-11)9(10(16)17)14-18-7-3-1-2-4-7/h1,3,5-7H,2,4H2,(H,16,17)(H,12,13,15)/b14-9-. The molecule has 0 saturated heterocycles. The number of rotatable bonds is 6. The molecule has 8 heteroatoms. The second-order valence-electron chi connectivity index (χ2n) is 3.69. The summed E-state index contributed by atoms with van der Waals surface area (Å²) in [5.41, 5.74) is -0.126. The number of amides is 1. The SMILES string of the molecule is O=CNc1nc(/C(=N/OC2C=CCC2)C(=O)O)cs1. The Morgan fingerprint density at radius 3 is 3.16 bits per heavy atom. The average Bonchev–Trinajstić information content (AvgIpc) is 3.01. The van der Waals surface area contributed by atoms with Gasteiger partial charge in [0.2, 0.25) is 12.1 Å². The molecule has 1 heterocycles. The fourth-order valence-corrected chi connectivity index (χ4v) is 2.16. The van der Waals surface area contributed by atoms with E-state index in [0.29, 0.717) is 11.5 Å². The molecule has 0 aromatic carbocycles. The van der Waals surface area contributed by atoms with Gasteiger partial charge in [0.05, 0.1) is 0 Å². The summed E-state index contributed by atoms with van der Waals surface area (Å²) in [7, 11) is 0. The number of hydrogen-bond acceptors (Lipinski definition) is 6. The third kappa shape index (κ3) is 3.38. The number of carbonyl (C=O) groups excluding carboxylic acids is 1. The van der Waals surface area contributed by atoms with Crippen LogP contribution in [-0.4, -0.2) is 34.3 Å². The fourth-order valence-electron chi connectivity index (χ4n) is 1.51. The van der Waals surface area contributed by atoms with Crippen molar-refractivity contribution >= 4 is 34.6 Å². The molecule has 0 saturated carbocycles. The molecule has 1 aromatic heterocycles. The van der Waals surface area contributed by atoms with Gasteiger partial charge in [-0.15, -0.1) is 11.3 Å². The maximum Gasteiger partial charge on any atom is 0.360 e. The number of anilines is 1. The Balaban J connectivity index is 2.13. The van der Waals surface area contributed by atoms with Crippen LogP contribution in [0.5, 0.6) is 0 Å². The van der Waals surface area contributed by atoms with Crippen LogP contribution in [0.4, 0.5) is 5.13 Å². The molecule has 0 spiro atoms. The van der Waals surface area contributed by atoms with E-state index in [0.717, 1.165) is 24.2 Å². The third-order valence-corrected chi connectivity index (χ3v) is 3.15. The van der Waals surface area contributed by atoms with Gasteiger partial charge in [0.25, 0.3) is 0 Å². The third-order valence-electron chi connectivity index (χ3n) is 2.38. The number of oxime groups is 1. The van der Waals surface area contributed by atoms with Crippen LogP contribution in [0.15, 0.2) is 22.7 Å². The van der Waals surface area contributed by atoms with Crippen molar-refractivity contribution in [3.8, 4) is 0 Å². The highest BCUT2D eigenvalue weighted by Crippen LogP contribution is 2.17. The van der Waals surface area contributed by atoms with E-state index in [9.17, 15) is 9.59 Å². The lowest BCUT2D eigenvalue weighted by molar-refractivity contribution is -0.129. The van der Waals surface area contributed by atoms with Crippen molar-refractivity contribution in [3.05, 3.63) is 23.2 Å². The van der Waals surface area contributed by atoms with Crippen LogP contribution in [0.2, 0.25) is 0 Å². The molecule has 1 aromatic rings. The van der Waals surface area contributed by atoms with E-state index in [4.69, 9.17) is 9.94 Å². The van der Waals surface area contributed by atoms with Crippen LogP contribution in [0, 0.1) is 0 Å². The molecule has 19 heavy (non-hydrogen) atoms. The van der Waals surface area contributed by atoms with Gasteiger partial charge in [0, 0.05) is 5.38 Å². The van der Waals surface area contributed by atoms with E-state index in [1.54, 1.807) is 0 Å². The molecule has 0 aliphatic heterocycles. The Labute approximate surface area is 112 Å². The monoisotopic (exact) mass is 281 g/mol. The zero-order valence-corrected chi connectivity index (χ0v) is 10.6. The number of aliphatic carboxylic acids is 1. The van der Waals surface area contributed by atoms with Gasteiger partial charge in [-0.1, -0.05) is 11.2 Å². The van der Waals surface area contributed by atoms with Crippen molar-refractivity contribution in [2.45, 2.75) is 18.9 Å². The van der Waals surface area contributed by atoms with Crippen LogP contribution >= 0.6 is 11.3 Å². The lowest BCUT2D eigenvalue weighted by Gasteiger charge is -2.05. The van der Waals surface area contributed by atoms with Gasteiger partial charge in [-0.2, -0.15) is 0 Å². The summed E-state index contributed by atoms with van der Waals surface area (Å²) >= 11 is 1.11. The number of nitrogens with zero attached hydrogens (tertiary/aromatic N) is 2. The van der Waals surface area contributed by atoms with E-state index in [1.165, 1.54) is 5.38 Å². The molecule has 0 radical (unpaired) electrons. The molecule has 100 valence electrons. The Bertz CT molecular complexity index is 538. The van der Waals surface area contributed by atoms with Crippen molar-refractivity contribution in [3.63, 3.8) is 0 Å². The summed E-state index contributed by atoms with van der Waals surface area (Å²) < 4.78 is 0. The number of carboxylic acid groups (broad SMARTS) is 1. The first-order valence-corrected chi connectivity index (χ1v) is 6.38. The number of hydrogen-bond donors (Lipinski definition) is 2. The summed E-state index contributed by atoms with van der Waals surface area (Å²) in [5.74, 6) is -1.23. The number of allylic oxidation sites excluding steroid dienone is 1. The zero-order valence-electron chi connectivity index (χ0n) is 9.78. The average molecular weight is 281 g/mol. The largest absolute Gasteiger partial charge is 0.476 e. The summed E-state index contributed by atoms with van der Waals surface area (Å²) in [6, 6.07) is 0. The Hall–Kier alpha value is -2.22. The molecule has 1 aliphatic carbocycles. The Morgan fingerprint density at radius 2 is 2.53 bits per heavy atom. The van der Waals surface area contributed by atoms with Crippen molar-refractivity contribution in [1.29, 1.82) is 0 Å². The minimum absolute atomic E-state index is 0.156. The first-order valence-electron chi connectivity index (χ1n) is 5.50. The van der Waals surface area contributed by atoms with Gasteiger partial charge in [-0.3, -0.25) is 4.79 Å². The van der Waals surface area contributed by atoms with Crippen LogP contribution in [0.25, 0.3) is 0 Å². The van der Waals surface area contributed by atoms with E-state index in [-0.39, 0.29) is 17.5 Å². The number of carboxylic acids is 1. The quantitative estimate of drug-likeness (QED) is 0.353. The highest BCUT2D eigenvalue weighted by molar-refractivity contribution is 7.14. The molecule has 7 nitrogen and oxygen atoms in total. The normalized spacial score (nSPS) is 18.3. The lowest BCUT2D eigenvalue weighted by Crippen LogP contribution is -2.17. The molecule has 0 fully saturated rings. The van der Waals surface area contributed by atoms with Gasteiger partial charge < -0.3 is 15.3 Å². The summed E-state index contributed by atoms with van der Waals surface area (Å²) in [4.78, 5) is 30.5. The smallest absolute Gasteiger partial charge is 0.360 e. The topological polar surface area (TPSA) is 101 Å². The van der Waals surface area contributed by atoms with E-state index < -0.39 is 5.97 Å². The maximum atomic E-state index is 11.1. The number of aromatic nitrogens is 1. The molecule has 2 N–H and O–H groups in total. The number of thiazole rings is 1. The molecular weight excluding hydrogens is 270 g/mol. The van der Waals surface area contributed by atoms with Gasteiger partial charge >= 0.3 is 5.97 Å². The van der Waals surface area contributed by atoms with Crippen LogP contribution in [-0.2, 0) is 14.4 Å². The minimum atomic E-state index is -1.23. The predicted octanol–water partition coefficient (Wildman–Crippen LogP) is 1.24. The molecule has 1 aliphatic rings. The highest BCUT2D eigenvalue weighted by atomic mass is 32.1. The van der Waals surface area contributed by atoms with Crippen LogP contribution in [0.3, 0.4) is 0 Å². The predicted molar refractivity (Wildman–Crippen MR) is 69.2 cm³/mol. The minimum Gasteiger partial charge on any atom is -0.476 e. The molecule has 0 bridgehead atoms.